The maximum absolute atomic E-state index is 12.9. The fourth-order valence-electron chi connectivity index (χ4n) is 7.10. The number of hydrogen-bond acceptors (Lipinski definition) is 10. The van der Waals surface area contributed by atoms with E-state index in [1.54, 1.807) is 0 Å². The molecular formula is C62H101O11P. The normalized spacial score (nSPS) is 14.3. The maximum atomic E-state index is 12.9. The van der Waals surface area contributed by atoms with E-state index in [-0.39, 0.29) is 25.9 Å². The predicted molar refractivity (Wildman–Crippen MR) is 306 cm³/mol. The van der Waals surface area contributed by atoms with Crippen LogP contribution in [0.3, 0.4) is 0 Å². The topological polar surface area (TPSA) is 155 Å². The van der Waals surface area contributed by atoms with E-state index in [2.05, 4.69) is 130 Å². The van der Waals surface area contributed by atoms with Gasteiger partial charge < -0.3 is 24.2 Å². The van der Waals surface area contributed by atoms with Gasteiger partial charge in [0.2, 0.25) is 0 Å². The number of rotatable bonds is 51. The summed E-state index contributed by atoms with van der Waals surface area (Å²) in [6.45, 7) is 4.25. The molecule has 0 fully saturated rings. The van der Waals surface area contributed by atoms with Gasteiger partial charge in [-0.05, 0) is 116 Å². The lowest BCUT2D eigenvalue weighted by Gasteiger charge is -2.21. The first-order valence-corrected chi connectivity index (χ1v) is 29.9. The van der Waals surface area contributed by atoms with Gasteiger partial charge in [0.05, 0.1) is 19.8 Å². The zero-order chi connectivity index (χ0) is 54.1. The van der Waals surface area contributed by atoms with Crippen molar-refractivity contribution in [3.63, 3.8) is 0 Å². The zero-order valence-corrected chi connectivity index (χ0v) is 47.2. The van der Waals surface area contributed by atoms with Crippen molar-refractivity contribution in [2.45, 2.75) is 226 Å². The van der Waals surface area contributed by atoms with Crippen molar-refractivity contribution < 1.29 is 52.2 Å². The van der Waals surface area contributed by atoms with Crippen molar-refractivity contribution in [2.75, 3.05) is 26.4 Å². The summed E-state index contributed by atoms with van der Waals surface area (Å²) in [6.07, 6.45) is 67.4. The molecule has 420 valence electrons. The highest BCUT2D eigenvalue weighted by Crippen LogP contribution is 2.43. The zero-order valence-electron chi connectivity index (χ0n) is 46.3. The molecule has 0 saturated heterocycles. The molecule has 0 bridgehead atoms. The van der Waals surface area contributed by atoms with Crippen LogP contribution in [0.2, 0.25) is 0 Å². The van der Waals surface area contributed by atoms with Gasteiger partial charge in [-0.1, -0.05) is 200 Å². The largest absolute Gasteiger partial charge is 0.472 e. The summed E-state index contributed by atoms with van der Waals surface area (Å²) in [5, 5.41) is 9.82. The summed E-state index contributed by atoms with van der Waals surface area (Å²) < 4.78 is 39.4. The second-order valence-corrected chi connectivity index (χ2v) is 19.8. The molecule has 74 heavy (non-hydrogen) atoms. The van der Waals surface area contributed by atoms with Gasteiger partial charge in [-0.3, -0.25) is 23.4 Å². The van der Waals surface area contributed by atoms with Crippen LogP contribution in [-0.2, 0) is 42.2 Å². The predicted octanol–water partition coefficient (Wildman–Crippen LogP) is 16.8. The first-order valence-electron chi connectivity index (χ1n) is 28.4. The first kappa shape index (κ1) is 69.9. The van der Waals surface area contributed by atoms with E-state index in [0.29, 0.717) is 19.3 Å². The van der Waals surface area contributed by atoms with Gasteiger partial charge in [-0.15, -0.1) is 0 Å². The summed E-state index contributed by atoms with van der Waals surface area (Å²) >= 11 is 0. The fourth-order valence-corrected chi connectivity index (χ4v) is 7.88. The summed E-state index contributed by atoms with van der Waals surface area (Å²) in [4.78, 5) is 48.5. The Morgan fingerprint density at radius 2 is 0.730 bits per heavy atom. The third-order valence-corrected chi connectivity index (χ3v) is 12.3. The lowest BCUT2D eigenvalue weighted by atomic mass is 10.1. The number of carbonyl (C=O) groups excluding carboxylic acids is 3. The molecule has 0 aromatic rings. The molecular weight excluding hydrogens is 952 g/mol. The fraction of sp³-hybridized carbons (Fsp3) is 0.629. The van der Waals surface area contributed by atoms with Crippen LogP contribution in [0.15, 0.2) is 122 Å². The van der Waals surface area contributed by atoms with Crippen LogP contribution in [0.4, 0.5) is 0 Å². The molecule has 0 aromatic carbocycles. The average Bonchev–Trinajstić information content (AvgIpc) is 3.39. The lowest BCUT2D eigenvalue weighted by Crippen LogP contribution is -2.30. The van der Waals surface area contributed by atoms with Crippen molar-refractivity contribution >= 4 is 25.7 Å². The van der Waals surface area contributed by atoms with E-state index >= 15 is 0 Å². The molecule has 3 atom stereocenters. The van der Waals surface area contributed by atoms with Gasteiger partial charge in [0.1, 0.15) is 12.7 Å². The molecule has 0 aromatic heterocycles. The number of ether oxygens (including phenoxy) is 3. The Bertz CT molecular complexity index is 1700. The van der Waals surface area contributed by atoms with Crippen molar-refractivity contribution in [3.8, 4) is 0 Å². The Labute approximate surface area is 449 Å². The van der Waals surface area contributed by atoms with Gasteiger partial charge >= 0.3 is 25.7 Å². The van der Waals surface area contributed by atoms with E-state index in [1.165, 1.54) is 38.5 Å². The molecule has 0 spiro atoms. The van der Waals surface area contributed by atoms with Gasteiger partial charge in [-0.2, -0.15) is 0 Å². The van der Waals surface area contributed by atoms with Crippen LogP contribution < -0.4 is 0 Å². The van der Waals surface area contributed by atoms with Crippen molar-refractivity contribution in [1.82, 2.24) is 0 Å². The van der Waals surface area contributed by atoms with E-state index in [1.807, 2.05) is 12.2 Å². The number of phosphoric ester groups is 1. The number of esters is 3. The Balaban J connectivity index is 4.82. The van der Waals surface area contributed by atoms with Gasteiger partial charge in [0.15, 0.2) is 6.10 Å². The van der Waals surface area contributed by atoms with Crippen LogP contribution >= 0.6 is 7.82 Å². The minimum absolute atomic E-state index is 0.0930. The second-order valence-electron chi connectivity index (χ2n) is 18.3. The number of carbonyl (C=O) groups is 3. The van der Waals surface area contributed by atoms with Gasteiger partial charge in [0, 0.05) is 19.3 Å². The van der Waals surface area contributed by atoms with Crippen molar-refractivity contribution in [2.24, 2.45) is 0 Å². The molecule has 0 amide bonds. The third-order valence-electron chi connectivity index (χ3n) is 11.4. The molecule has 11 nitrogen and oxygen atoms in total. The molecule has 3 unspecified atom stereocenters. The van der Waals surface area contributed by atoms with E-state index < -0.39 is 57.8 Å². The average molecular weight is 1050 g/mol. The molecule has 0 rings (SSSR count). The number of phosphoric acid groups is 1. The summed E-state index contributed by atoms with van der Waals surface area (Å²) in [6, 6.07) is 0. The second kappa shape index (κ2) is 55.1. The van der Waals surface area contributed by atoms with Crippen molar-refractivity contribution in [3.05, 3.63) is 122 Å². The van der Waals surface area contributed by atoms with E-state index in [0.717, 1.165) is 116 Å². The molecule has 0 radical (unpaired) electrons. The standard InChI is InChI=1S/C62H101O11P/c1-4-7-10-13-16-19-22-25-27-29-31-34-37-40-43-46-49-52-61(65)72-58(54-63)56-70-74(67,68)71-57-59(55-69-60(64)51-48-45-42-39-36-33-24-21-18-15-12-9-6-3)73-62(66)53-50-47-44-41-38-35-32-30-28-26-23-20-17-14-11-8-5-2/h8-9,11-12,16-21,25-28,32-33,35-36,42,45,58-59,63H,4-7,10,13-15,22-24,29-31,34,37-41,43-44,46-57H2,1-3H3,(H,67,68)/b11-8-,12-9-,19-16-,20-17-,21-18-,27-25-,28-26-,35-32-,36-33-,45-42-. The molecule has 0 heterocycles. The smallest absolute Gasteiger partial charge is 0.462 e. The van der Waals surface area contributed by atoms with E-state index in [9.17, 15) is 28.9 Å². The molecule has 12 heteroatoms. The first-order chi connectivity index (χ1) is 36.2. The SMILES string of the molecule is CC/C=C\C/C=C\C/C=C\C/C=C\CCCCCCC(=O)OC(COC(=O)CC/C=C\C/C=C\C/C=C\C/C=C\CC)COP(=O)(O)OCC(CO)OC(=O)CCCCCCCCC/C=C\C/C=C\CCCCC. The number of aliphatic hydroxyl groups excluding tert-OH is 1. The summed E-state index contributed by atoms with van der Waals surface area (Å²) in [5.74, 6) is -1.61. The Morgan fingerprint density at radius 3 is 1.14 bits per heavy atom. The highest BCUT2D eigenvalue weighted by atomic mass is 31.2. The van der Waals surface area contributed by atoms with E-state index in [4.69, 9.17) is 23.3 Å². The highest BCUT2D eigenvalue weighted by molar-refractivity contribution is 7.47. The van der Waals surface area contributed by atoms with Crippen LogP contribution in [-0.4, -0.2) is 66.5 Å². The Kier molecular flexibility index (Phi) is 52.1. The maximum Gasteiger partial charge on any atom is 0.472 e. The van der Waals surface area contributed by atoms with Gasteiger partial charge in [0.25, 0.3) is 0 Å². The number of hydrogen-bond donors (Lipinski definition) is 2. The Hall–Kier alpha value is -4.12. The van der Waals surface area contributed by atoms with Crippen LogP contribution in [0.5, 0.6) is 0 Å². The number of unbranched alkanes of at least 4 members (excludes halogenated alkanes) is 14. The van der Waals surface area contributed by atoms with Crippen LogP contribution in [0.25, 0.3) is 0 Å². The minimum Gasteiger partial charge on any atom is -0.462 e. The van der Waals surface area contributed by atoms with Gasteiger partial charge in [-0.25, -0.2) is 4.57 Å². The quantitative estimate of drug-likeness (QED) is 0.0197. The summed E-state index contributed by atoms with van der Waals surface area (Å²) in [5.41, 5.74) is 0. The van der Waals surface area contributed by atoms with Crippen LogP contribution in [0, 0.1) is 0 Å². The van der Waals surface area contributed by atoms with Crippen molar-refractivity contribution in [1.29, 1.82) is 0 Å². The molecule has 0 saturated carbocycles. The minimum atomic E-state index is -4.78. The monoisotopic (exact) mass is 1050 g/mol. The molecule has 0 aliphatic carbocycles. The highest BCUT2D eigenvalue weighted by Gasteiger charge is 2.28. The molecule has 2 N–H and O–H groups in total. The number of aliphatic hydroxyl groups is 1. The lowest BCUT2D eigenvalue weighted by molar-refractivity contribution is -0.161. The molecule has 0 aliphatic rings. The third kappa shape index (κ3) is 52.7. The molecule has 0 aliphatic heterocycles. The van der Waals surface area contributed by atoms with Crippen LogP contribution in [0.1, 0.15) is 213 Å². The summed E-state index contributed by atoms with van der Waals surface area (Å²) in [7, 11) is -4.78. The Morgan fingerprint density at radius 1 is 0.392 bits per heavy atom. The number of allylic oxidation sites excluding steroid dienone is 20.